The number of amides is 1. The minimum atomic E-state index is -0.224. The van der Waals surface area contributed by atoms with Crippen molar-refractivity contribution < 1.29 is 19.4 Å². The van der Waals surface area contributed by atoms with Crippen molar-refractivity contribution in [3.63, 3.8) is 0 Å². The van der Waals surface area contributed by atoms with Crippen LogP contribution >= 0.6 is 0 Å². The van der Waals surface area contributed by atoms with E-state index < -0.39 is 0 Å². The molecular weight excluding hydrogens is 246 g/mol. The summed E-state index contributed by atoms with van der Waals surface area (Å²) in [7, 11) is 1.52. The second-order valence-corrected chi connectivity index (χ2v) is 3.96. The maximum atomic E-state index is 12.3. The highest BCUT2D eigenvalue weighted by Gasteiger charge is 2.18. The highest BCUT2D eigenvalue weighted by atomic mass is 16.5. The number of benzene rings is 1. The van der Waals surface area contributed by atoms with Gasteiger partial charge in [0.25, 0.3) is 5.91 Å². The third-order valence-electron chi connectivity index (χ3n) is 2.81. The van der Waals surface area contributed by atoms with Gasteiger partial charge in [-0.25, -0.2) is 0 Å². The monoisotopic (exact) mass is 267 g/mol. The Kier molecular flexibility index (Phi) is 6.15. The van der Waals surface area contributed by atoms with Crippen molar-refractivity contribution in [2.24, 2.45) is 0 Å². The van der Waals surface area contributed by atoms with Crippen molar-refractivity contribution in [2.45, 2.75) is 13.8 Å². The summed E-state index contributed by atoms with van der Waals surface area (Å²) >= 11 is 0. The smallest absolute Gasteiger partial charge is 0.257 e. The van der Waals surface area contributed by atoms with E-state index in [1.807, 2.05) is 13.8 Å². The molecule has 0 fully saturated rings. The number of likely N-dealkylation sites (N-methyl/N-ethyl adjacent to an activating group) is 1. The predicted molar refractivity (Wildman–Crippen MR) is 72.7 cm³/mol. The van der Waals surface area contributed by atoms with Crippen molar-refractivity contribution in [1.29, 1.82) is 0 Å². The highest BCUT2D eigenvalue weighted by molar-refractivity contribution is 5.97. The molecule has 0 atom stereocenters. The van der Waals surface area contributed by atoms with E-state index in [2.05, 4.69) is 0 Å². The molecule has 106 valence electrons. The summed E-state index contributed by atoms with van der Waals surface area (Å²) < 4.78 is 10.3. The Hall–Kier alpha value is -1.75. The molecule has 1 aromatic carbocycles. The Morgan fingerprint density at radius 3 is 2.68 bits per heavy atom. The number of methoxy groups -OCH3 is 1. The third kappa shape index (κ3) is 4.13. The van der Waals surface area contributed by atoms with Gasteiger partial charge in [-0.15, -0.1) is 0 Å². The molecule has 0 spiro atoms. The van der Waals surface area contributed by atoms with Gasteiger partial charge < -0.3 is 19.5 Å². The minimum Gasteiger partial charge on any atom is -0.507 e. The zero-order chi connectivity index (χ0) is 14.3. The number of aromatic hydroxyl groups is 1. The lowest BCUT2D eigenvalue weighted by atomic mass is 10.1. The van der Waals surface area contributed by atoms with Gasteiger partial charge in [-0.2, -0.15) is 0 Å². The van der Waals surface area contributed by atoms with Crippen LogP contribution in [0.3, 0.4) is 0 Å². The fourth-order valence-corrected chi connectivity index (χ4v) is 1.71. The maximum Gasteiger partial charge on any atom is 0.257 e. The van der Waals surface area contributed by atoms with Gasteiger partial charge in [0.2, 0.25) is 0 Å². The fourth-order valence-electron chi connectivity index (χ4n) is 1.71. The molecule has 0 heterocycles. The molecule has 0 radical (unpaired) electrons. The summed E-state index contributed by atoms with van der Waals surface area (Å²) in [6.45, 7) is 5.96. The van der Waals surface area contributed by atoms with Crippen LogP contribution < -0.4 is 4.74 Å². The van der Waals surface area contributed by atoms with E-state index in [-0.39, 0.29) is 17.2 Å². The number of hydrogen-bond acceptors (Lipinski definition) is 4. The Balaban J connectivity index is 2.84. The molecule has 5 nitrogen and oxygen atoms in total. The van der Waals surface area contributed by atoms with E-state index in [4.69, 9.17) is 9.47 Å². The third-order valence-corrected chi connectivity index (χ3v) is 2.81. The number of nitrogens with zero attached hydrogens (tertiary/aromatic N) is 1. The molecule has 5 heteroatoms. The van der Waals surface area contributed by atoms with Crippen LogP contribution in [0.4, 0.5) is 0 Å². The molecule has 0 aliphatic rings. The summed E-state index contributed by atoms with van der Waals surface area (Å²) in [4.78, 5) is 13.9. The number of rotatable bonds is 7. The number of hydrogen-bond donors (Lipinski definition) is 1. The molecule has 1 amide bonds. The molecule has 19 heavy (non-hydrogen) atoms. The Morgan fingerprint density at radius 1 is 1.37 bits per heavy atom. The fraction of sp³-hybridized carbons (Fsp3) is 0.500. The van der Waals surface area contributed by atoms with Gasteiger partial charge in [-0.05, 0) is 32.0 Å². The van der Waals surface area contributed by atoms with E-state index in [1.54, 1.807) is 17.0 Å². The van der Waals surface area contributed by atoms with Crippen LogP contribution in [0.15, 0.2) is 18.2 Å². The van der Waals surface area contributed by atoms with E-state index in [1.165, 1.54) is 13.2 Å². The highest BCUT2D eigenvalue weighted by Crippen LogP contribution is 2.24. The van der Waals surface area contributed by atoms with Crippen molar-refractivity contribution in [3.8, 4) is 11.5 Å². The first kappa shape index (κ1) is 15.3. The summed E-state index contributed by atoms with van der Waals surface area (Å²) in [5, 5.41) is 9.78. The number of phenols is 1. The van der Waals surface area contributed by atoms with E-state index in [9.17, 15) is 9.90 Å². The summed E-state index contributed by atoms with van der Waals surface area (Å²) in [5.74, 6) is 0.279. The second-order valence-electron chi connectivity index (χ2n) is 3.96. The van der Waals surface area contributed by atoms with Crippen LogP contribution in [0, 0.1) is 0 Å². The summed E-state index contributed by atoms with van der Waals surface area (Å²) in [5.41, 5.74) is 0.248. The van der Waals surface area contributed by atoms with Crippen molar-refractivity contribution in [1.82, 2.24) is 4.90 Å². The topological polar surface area (TPSA) is 59.0 Å². The van der Waals surface area contributed by atoms with Gasteiger partial charge in [0, 0.05) is 19.7 Å². The summed E-state index contributed by atoms with van der Waals surface area (Å²) in [6.07, 6.45) is 0. The molecule has 0 saturated carbocycles. The van der Waals surface area contributed by atoms with Crippen LogP contribution in [0.25, 0.3) is 0 Å². The predicted octanol–water partition coefficient (Wildman–Crippen LogP) is 1.90. The van der Waals surface area contributed by atoms with Gasteiger partial charge >= 0.3 is 0 Å². The molecule has 0 aromatic heterocycles. The lowest BCUT2D eigenvalue weighted by Gasteiger charge is -2.21. The maximum absolute atomic E-state index is 12.3. The van der Waals surface area contributed by atoms with Crippen molar-refractivity contribution in [3.05, 3.63) is 23.8 Å². The number of phenolic OH excluding ortho intramolecular Hbond substituents is 1. The van der Waals surface area contributed by atoms with Gasteiger partial charge in [0.1, 0.15) is 11.5 Å². The molecule has 0 bridgehead atoms. The quantitative estimate of drug-likeness (QED) is 0.767. The molecule has 0 unspecified atom stereocenters. The zero-order valence-electron chi connectivity index (χ0n) is 11.7. The second kappa shape index (κ2) is 7.63. The minimum absolute atomic E-state index is 0.0411. The molecule has 1 N–H and O–H groups in total. The van der Waals surface area contributed by atoms with Crippen molar-refractivity contribution >= 4 is 5.91 Å². The molecule has 1 rings (SSSR count). The summed E-state index contributed by atoms with van der Waals surface area (Å²) in [6, 6.07) is 4.62. The number of carbonyl (C=O) groups is 1. The van der Waals surface area contributed by atoms with E-state index in [0.29, 0.717) is 32.1 Å². The molecular formula is C14H21NO4. The number of carbonyl (C=O) groups excluding carboxylic acids is 1. The van der Waals surface area contributed by atoms with Gasteiger partial charge in [0.05, 0.1) is 19.3 Å². The van der Waals surface area contributed by atoms with E-state index in [0.717, 1.165) is 0 Å². The van der Waals surface area contributed by atoms with Crippen LogP contribution in [-0.4, -0.2) is 49.3 Å². The largest absolute Gasteiger partial charge is 0.507 e. The Bertz CT molecular complexity index is 420. The average Bonchev–Trinajstić information content (AvgIpc) is 2.43. The van der Waals surface area contributed by atoms with Crippen LogP contribution in [-0.2, 0) is 4.74 Å². The lowest BCUT2D eigenvalue weighted by Crippen LogP contribution is -2.33. The average molecular weight is 267 g/mol. The Labute approximate surface area is 113 Å². The van der Waals surface area contributed by atoms with Gasteiger partial charge in [-0.3, -0.25) is 4.79 Å². The van der Waals surface area contributed by atoms with Crippen LogP contribution in [0.2, 0.25) is 0 Å². The first-order chi connectivity index (χ1) is 9.13. The van der Waals surface area contributed by atoms with Crippen molar-refractivity contribution in [2.75, 3.05) is 33.4 Å². The van der Waals surface area contributed by atoms with Gasteiger partial charge in [0.15, 0.2) is 0 Å². The number of ether oxygens (including phenoxy) is 2. The van der Waals surface area contributed by atoms with Gasteiger partial charge in [-0.1, -0.05) is 0 Å². The zero-order valence-corrected chi connectivity index (χ0v) is 11.7. The molecule has 0 aliphatic heterocycles. The van der Waals surface area contributed by atoms with Crippen LogP contribution in [0.1, 0.15) is 24.2 Å². The standard InChI is InChI=1S/C14H21NO4/c1-4-15(8-9-19-5-2)14(17)12-10-11(18-3)6-7-13(12)16/h6-7,10,16H,4-5,8-9H2,1-3H3. The SMILES string of the molecule is CCOCCN(CC)C(=O)c1cc(OC)ccc1O. The lowest BCUT2D eigenvalue weighted by molar-refractivity contribution is 0.0666. The first-order valence-corrected chi connectivity index (χ1v) is 6.38. The van der Waals surface area contributed by atoms with E-state index >= 15 is 0 Å². The Morgan fingerprint density at radius 2 is 2.11 bits per heavy atom. The van der Waals surface area contributed by atoms with Crippen LogP contribution in [0.5, 0.6) is 11.5 Å². The molecule has 1 aromatic rings. The molecule has 0 aliphatic carbocycles. The first-order valence-electron chi connectivity index (χ1n) is 6.38. The molecule has 0 saturated heterocycles. The normalized spacial score (nSPS) is 10.3.